The monoisotopic (exact) mass is 249 g/mol. The molecule has 0 saturated heterocycles. The van der Waals surface area contributed by atoms with Gasteiger partial charge < -0.3 is 0 Å². The van der Waals surface area contributed by atoms with Crippen molar-refractivity contribution in [3.63, 3.8) is 0 Å². The fourth-order valence-electron chi connectivity index (χ4n) is 1.86. The van der Waals surface area contributed by atoms with Gasteiger partial charge in [-0.25, -0.2) is 9.97 Å². The lowest BCUT2D eigenvalue weighted by Gasteiger charge is -2.07. The molecule has 0 aliphatic carbocycles. The number of hydrogen-bond donors (Lipinski definition) is 0. The van der Waals surface area contributed by atoms with Crippen LogP contribution in [0.1, 0.15) is 0 Å². The molecule has 4 heteroatoms. The highest BCUT2D eigenvalue weighted by atomic mass is 16.1. The topological polar surface area (TPSA) is 47.8 Å². The maximum Gasteiger partial charge on any atom is 0.255 e. The summed E-state index contributed by atoms with van der Waals surface area (Å²) in [6.45, 7) is 0. The molecule has 2 heterocycles. The van der Waals surface area contributed by atoms with E-state index in [9.17, 15) is 4.79 Å². The molecule has 0 saturated carbocycles. The number of rotatable bonds is 2. The Morgan fingerprint density at radius 2 is 1.58 bits per heavy atom. The van der Waals surface area contributed by atoms with Crippen LogP contribution in [0.2, 0.25) is 0 Å². The summed E-state index contributed by atoms with van der Waals surface area (Å²) in [4.78, 5) is 20.3. The third-order valence-electron chi connectivity index (χ3n) is 2.77. The Labute approximate surface area is 110 Å². The zero-order valence-electron chi connectivity index (χ0n) is 10.1. The van der Waals surface area contributed by atoms with Gasteiger partial charge in [-0.3, -0.25) is 9.36 Å². The molecular formula is C15H11N3O. The van der Waals surface area contributed by atoms with E-state index < -0.39 is 0 Å². The fraction of sp³-hybridized carbons (Fsp3) is 0. The highest BCUT2D eigenvalue weighted by Crippen LogP contribution is 2.13. The lowest BCUT2D eigenvalue weighted by Crippen LogP contribution is -2.16. The summed E-state index contributed by atoms with van der Waals surface area (Å²) in [5, 5.41) is 0. The van der Waals surface area contributed by atoms with Crippen LogP contribution >= 0.6 is 0 Å². The molecule has 92 valence electrons. The third kappa shape index (κ3) is 2.28. The van der Waals surface area contributed by atoms with Crippen LogP contribution in [0.4, 0.5) is 0 Å². The van der Waals surface area contributed by atoms with Gasteiger partial charge in [0.15, 0.2) is 5.82 Å². The molecule has 0 amide bonds. The second kappa shape index (κ2) is 4.86. The minimum Gasteiger partial charge on any atom is -0.284 e. The first-order valence-corrected chi connectivity index (χ1v) is 5.90. The minimum atomic E-state index is -0.0779. The average molecular weight is 249 g/mol. The number of nitrogens with zero attached hydrogens (tertiary/aromatic N) is 3. The number of hydrogen-bond acceptors (Lipinski definition) is 3. The van der Waals surface area contributed by atoms with Crippen molar-refractivity contribution in [1.29, 1.82) is 0 Å². The van der Waals surface area contributed by atoms with E-state index in [1.807, 2.05) is 30.3 Å². The fourth-order valence-corrected chi connectivity index (χ4v) is 1.86. The van der Waals surface area contributed by atoms with Crippen molar-refractivity contribution >= 4 is 0 Å². The van der Waals surface area contributed by atoms with Gasteiger partial charge in [0, 0.05) is 35.9 Å². The van der Waals surface area contributed by atoms with Gasteiger partial charge in [-0.1, -0.05) is 18.2 Å². The Morgan fingerprint density at radius 3 is 2.32 bits per heavy atom. The number of para-hydroxylation sites is 1. The molecule has 4 nitrogen and oxygen atoms in total. The summed E-state index contributed by atoms with van der Waals surface area (Å²) in [7, 11) is 0. The molecule has 2 aromatic heterocycles. The third-order valence-corrected chi connectivity index (χ3v) is 2.77. The first-order valence-electron chi connectivity index (χ1n) is 5.90. The predicted molar refractivity (Wildman–Crippen MR) is 73.1 cm³/mol. The molecule has 0 radical (unpaired) electrons. The van der Waals surface area contributed by atoms with E-state index in [-0.39, 0.29) is 5.56 Å². The van der Waals surface area contributed by atoms with Gasteiger partial charge in [-0.15, -0.1) is 0 Å². The van der Waals surface area contributed by atoms with E-state index in [0.717, 1.165) is 11.3 Å². The molecule has 0 N–H and O–H groups in total. The van der Waals surface area contributed by atoms with Crippen LogP contribution < -0.4 is 5.56 Å². The van der Waals surface area contributed by atoms with E-state index in [4.69, 9.17) is 0 Å². The molecule has 0 atom stereocenters. The van der Waals surface area contributed by atoms with E-state index in [0.29, 0.717) is 5.82 Å². The zero-order valence-corrected chi connectivity index (χ0v) is 10.1. The number of aromatic nitrogens is 3. The highest BCUT2D eigenvalue weighted by molar-refractivity contribution is 5.53. The summed E-state index contributed by atoms with van der Waals surface area (Å²) in [5.74, 6) is 0.604. The molecule has 0 aliphatic rings. The van der Waals surface area contributed by atoms with Gasteiger partial charge in [-0.05, 0) is 24.3 Å². The Morgan fingerprint density at radius 1 is 0.842 bits per heavy atom. The molecule has 0 fully saturated rings. The Hall–Kier alpha value is -2.75. The lowest BCUT2D eigenvalue weighted by atomic mass is 10.2. The van der Waals surface area contributed by atoms with Gasteiger partial charge in [0.05, 0.1) is 0 Å². The maximum absolute atomic E-state index is 11.9. The van der Waals surface area contributed by atoms with E-state index in [2.05, 4.69) is 9.97 Å². The molecule has 1 aromatic carbocycles. The Balaban J connectivity index is 2.15. The Bertz CT molecular complexity index is 736. The largest absolute Gasteiger partial charge is 0.284 e. The van der Waals surface area contributed by atoms with Crippen molar-refractivity contribution in [1.82, 2.24) is 14.5 Å². The molecule has 3 rings (SSSR count). The van der Waals surface area contributed by atoms with Crippen molar-refractivity contribution in [3.8, 4) is 17.1 Å². The van der Waals surface area contributed by atoms with Crippen molar-refractivity contribution in [2.24, 2.45) is 0 Å². The second-order valence-corrected chi connectivity index (χ2v) is 4.03. The van der Waals surface area contributed by atoms with Crippen molar-refractivity contribution in [2.75, 3.05) is 0 Å². The predicted octanol–water partition coefficient (Wildman–Crippen LogP) is 2.29. The van der Waals surface area contributed by atoms with Gasteiger partial charge in [0.25, 0.3) is 5.56 Å². The van der Waals surface area contributed by atoms with Crippen LogP contribution in [0.25, 0.3) is 17.1 Å². The first kappa shape index (κ1) is 11.3. The summed E-state index contributed by atoms with van der Waals surface area (Å²) in [5.41, 5.74) is 1.56. The van der Waals surface area contributed by atoms with Crippen LogP contribution in [0, 0.1) is 0 Å². The van der Waals surface area contributed by atoms with E-state index in [1.54, 1.807) is 35.3 Å². The summed E-state index contributed by atoms with van der Waals surface area (Å²) >= 11 is 0. The van der Waals surface area contributed by atoms with E-state index in [1.165, 1.54) is 6.07 Å². The lowest BCUT2D eigenvalue weighted by molar-refractivity contribution is 0.986. The van der Waals surface area contributed by atoms with Gasteiger partial charge in [0.2, 0.25) is 0 Å². The molecular weight excluding hydrogens is 238 g/mol. The van der Waals surface area contributed by atoms with Crippen molar-refractivity contribution in [2.45, 2.75) is 0 Å². The summed E-state index contributed by atoms with van der Waals surface area (Å²) in [6.07, 6.45) is 5.12. The molecule has 19 heavy (non-hydrogen) atoms. The van der Waals surface area contributed by atoms with Gasteiger partial charge in [-0.2, -0.15) is 0 Å². The molecule has 0 spiro atoms. The number of pyridine rings is 1. The molecule has 0 unspecified atom stereocenters. The van der Waals surface area contributed by atoms with E-state index >= 15 is 0 Å². The highest BCUT2D eigenvalue weighted by Gasteiger charge is 2.04. The van der Waals surface area contributed by atoms with Crippen LogP contribution in [-0.4, -0.2) is 14.5 Å². The average Bonchev–Trinajstić information content (AvgIpc) is 2.49. The first-order chi connectivity index (χ1) is 9.34. The summed E-state index contributed by atoms with van der Waals surface area (Å²) in [6, 6.07) is 14.5. The van der Waals surface area contributed by atoms with Crippen LogP contribution in [-0.2, 0) is 0 Å². The molecule has 0 aliphatic heterocycles. The number of benzene rings is 1. The van der Waals surface area contributed by atoms with Gasteiger partial charge >= 0.3 is 0 Å². The van der Waals surface area contributed by atoms with Crippen LogP contribution in [0.5, 0.6) is 0 Å². The minimum absolute atomic E-state index is 0.0779. The smallest absolute Gasteiger partial charge is 0.255 e. The van der Waals surface area contributed by atoms with Gasteiger partial charge in [0.1, 0.15) is 0 Å². The second-order valence-electron chi connectivity index (χ2n) is 4.03. The van der Waals surface area contributed by atoms with Crippen molar-refractivity contribution in [3.05, 3.63) is 77.5 Å². The Kier molecular flexibility index (Phi) is 2.90. The quantitative estimate of drug-likeness (QED) is 0.700. The van der Waals surface area contributed by atoms with Crippen LogP contribution in [0.3, 0.4) is 0 Å². The van der Waals surface area contributed by atoms with Crippen LogP contribution in [0.15, 0.2) is 71.9 Å². The normalized spacial score (nSPS) is 10.3. The maximum atomic E-state index is 11.9. The summed E-state index contributed by atoms with van der Waals surface area (Å²) < 4.78 is 1.59. The molecule has 3 aromatic rings. The molecule has 0 bridgehead atoms. The standard InChI is InChI=1S/C15H11N3O/c19-14-8-7-12(15-16-9-4-10-17-15)11-18(14)13-5-2-1-3-6-13/h1-11H. The van der Waals surface area contributed by atoms with Crippen molar-refractivity contribution < 1.29 is 0 Å². The SMILES string of the molecule is O=c1ccc(-c2ncccn2)cn1-c1ccccc1. The zero-order chi connectivity index (χ0) is 13.1.